The Morgan fingerprint density at radius 2 is 2.00 bits per heavy atom. The summed E-state index contributed by atoms with van der Waals surface area (Å²) in [6.45, 7) is 3.70. The van der Waals surface area contributed by atoms with E-state index >= 15 is 0 Å². The van der Waals surface area contributed by atoms with Gasteiger partial charge in [0.25, 0.3) is 5.56 Å². The van der Waals surface area contributed by atoms with Crippen LogP contribution in [0, 0.1) is 11.3 Å². The molecule has 0 aliphatic carbocycles. The molecular weight excluding hydrogens is 457 g/mol. The lowest BCUT2D eigenvalue weighted by atomic mass is 10.2. The van der Waals surface area contributed by atoms with Crippen LogP contribution in [0.25, 0.3) is 0 Å². The number of halogens is 3. The maximum absolute atomic E-state index is 13.1. The highest BCUT2D eigenvalue weighted by Gasteiger charge is 2.38. The van der Waals surface area contributed by atoms with Crippen LogP contribution in [0.1, 0.15) is 24.5 Å². The Morgan fingerprint density at radius 3 is 2.62 bits per heavy atom. The van der Waals surface area contributed by atoms with Crippen molar-refractivity contribution in [1.82, 2.24) is 20.1 Å². The molecule has 2 aromatic heterocycles. The lowest BCUT2D eigenvalue weighted by Crippen LogP contribution is -2.49. The molecule has 1 aliphatic rings. The maximum Gasteiger partial charge on any atom is 0.425 e. The van der Waals surface area contributed by atoms with Crippen LogP contribution in [-0.4, -0.2) is 71.5 Å². The van der Waals surface area contributed by atoms with E-state index in [9.17, 15) is 22.8 Å². The topological polar surface area (TPSA) is 124 Å². The summed E-state index contributed by atoms with van der Waals surface area (Å²) < 4.78 is 49.8. The molecule has 2 aromatic rings. The number of H-pyrrole nitrogens is 1. The summed E-state index contributed by atoms with van der Waals surface area (Å²) in [5.41, 5.74) is -2.37. The Kier molecular flexibility index (Phi) is 8.06. The lowest BCUT2D eigenvalue weighted by Gasteiger charge is -2.35. The van der Waals surface area contributed by atoms with Gasteiger partial charge in [-0.2, -0.15) is 23.5 Å². The number of rotatable bonds is 8. The van der Waals surface area contributed by atoms with Crippen molar-refractivity contribution in [3.8, 4) is 11.8 Å². The minimum absolute atomic E-state index is 0.0731. The average molecular weight is 480 g/mol. The third-order valence-corrected chi connectivity index (χ3v) is 5.08. The highest BCUT2D eigenvalue weighted by Crippen LogP contribution is 2.33. The fraction of sp³-hybridized carbons (Fsp3) is 0.476. The zero-order valence-corrected chi connectivity index (χ0v) is 18.3. The molecule has 1 amide bonds. The number of aromatic amines is 1. The van der Waals surface area contributed by atoms with Gasteiger partial charge in [-0.15, -0.1) is 0 Å². The van der Waals surface area contributed by atoms with Gasteiger partial charge < -0.3 is 19.3 Å². The lowest BCUT2D eigenvalue weighted by molar-refractivity contribution is -0.141. The van der Waals surface area contributed by atoms with Crippen LogP contribution < -0.4 is 15.2 Å². The van der Waals surface area contributed by atoms with Crippen molar-refractivity contribution in [2.75, 3.05) is 44.3 Å². The van der Waals surface area contributed by atoms with Gasteiger partial charge in [0.15, 0.2) is 11.3 Å². The first-order chi connectivity index (χ1) is 16.2. The molecule has 3 heterocycles. The van der Waals surface area contributed by atoms with E-state index in [0.29, 0.717) is 31.7 Å². The smallest absolute Gasteiger partial charge is 0.425 e. The van der Waals surface area contributed by atoms with E-state index in [1.165, 1.54) is 13.1 Å². The number of pyridine rings is 1. The first-order valence-corrected chi connectivity index (χ1v) is 10.5. The van der Waals surface area contributed by atoms with Crippen LogP contribution in [0.2, 0.25) is 0 Å². The first-order valence-electron chi connectivity index (χ1n) is 10.5. The Bertz CT molecular complexity index is 1080. The van der Waals surface area contributed by atoms with Crippen LogP contribution in [0.3, 0.4) is 0 Å². The molecule has 0 spiro atoms. The predicted molar refractivity (Wildman–Crippen MR) is 113 cm³/mol. The van der Waals surface area contributed by atoms with E-state index in [2.05, 4.69) is 10.1 Å². The summed E-state index contributed by atoms with van der Waals surface area (Å²) in [4.78, 5) is 31.9. The number of ether oxygens (including phenoxy) is 2. The average Bonchev–Trinajstić information content (AvgIpc) is 2.81. The van der Waals surface area contributed by atoms with Crippen LogP contribution in [0.4, 0.5) is 19.0 Å². The van der Waals surface area contributed by atoms with Crippen LogP contribution in [-0.2, 0) is 15.7 Å². The second-order valence-corrected chi connectivity index (χ2v) is 7.57. The minimum Gasteiger partial charge on any atom is -0.486 e. The van der Waals surface area contributed by atoms with Crippen LogP contribution in [0.15, 0.2) is 29.3 Å². The van der Waals surface area contributed by atoms with Crippen molar-refractivity contribution < 1.29 is 27.4 Å². The zero-order chi connectivity index (χ0) is 24.7. The fourth-order valence-corrected chi connectivity index (χ4v) is 3.38. The molecule has 1 N–H and O–H groups in total. The van der Waals surface area contributed by atoms with Crippen molar-refractivity contribution in [2.24, 2.45) is 0 Å². The van der Waals surface area contributed by atoms with Gasteiger partial charge in [0.05, 0.1) is 31.4 Å². The maximum atomic E-state index is 13.1. The monoisotopic (exact) mass is 480 g/mol. The molecule has 1 atom stereocenters. The van der Waals surface area contributed by atoms with Gasteiger partial charge in [-0.25, -0.2) is 10.1 Å². The standard InChI is InChI=1S/C21H23F3N6O4/c1-14(34-16-12-27-28-20(32)19(16)21(22,23)24)13-33-9-4-18(31)30-7-5-29(6-8-30)17-3-2-15(10-25)11-26-17/h2-3,11-12,14H,4-9,13H2,1H3,(H,28,32)/t14-/m0/s1. The van der Waals surface area contributed by atoms with Gasteiger partial charge >= 0.3 is 6.18 Å². The SMILES string of the molecule is C[C@@H](COCCC(=O)N1CCN(c2ccc(C#N)cn2)CC1)Oc1cn[nH]c(=O)c1C(F)(F)F. The van der Waals surface area contributed by atoms with E-state index in [4.69, 9.17) is 14.7 Å². The summed E-state index contributed by atoms with van der Waals surface area (Å²) in [5, 5.41) is 13.9. The Balaban J connectivity index is 1.39. The minimum atomic E-state index is -4.89. The van der Waals surface area contributed by atoms with Gasteiger partial charge in [0.1, 0.15) is 18.0 Å². The highest BCUT2D eigenvalue weighted by atomic mass is 19.4. The number of carbonyl (C=O) groups excluding carboxylic acids is 1. The largest absolute Gasteiger partial charge is 0.486 e. The first kappa shape index (κ1) is 25.0. The van der Waals surface area contributed by atoms with Gasteiger partial charge in [-0.05, 0) is 19.1 Å². The van der Waals surface area contributed by atoms with Gasteiger partial charge in [0.2, 0.25) is 5.91 Å². The van der Waals surface area contributed by atoms with Crippen molar-refractivity contribution in [1.29, 1.82) is 5.26 Å². The zero-order valence-electron chi connectivity index (χ0n) is 18.3. The summed E-state index contributed by atoms with van der Waals surface area (Å²) >= 11 is 0. The van der Waals surface area contributed by atoms with E-state index < -0.39 is 29.2 Å². The van der Waals surface area contributed by atoms with Crippen LogP contribution >= 0.6 is 0 Å². The number of anilines is 1. The Morgan fingerprint density at radius 1 is 1.26 bits per heavy atom. The number of nitrogens with zero attached hydrogens (tertiary/aromatic N) is 5. The van der Waals surface area contributed by atoms with Crippen LogP contribution in [0.5, 0.6) is 5.75 Å². The number of hydrogen-bond acceptors (Lipinski definition) is 8. The summed E-state index contributed by atoms with van der Waals surface area (Å²) in [5.74, 6) is -0.0371. The number of piperazine rings is 1. The second kappa shape index (κ2) is 11.0. The molecule has 34 heavy (non-hydrogen) atoms. The summed E-state index contributed by atoms with van der Waals surface area (Å²) in [6, 6.07) is 5.48. The van der Waals surface area contributed by atoms with E-state index in [1.807, 2.05) is 11.0 Å². The van der Waals surface area contributed by atoms with E-state index in [0.717, 1.165) is 12.0 Å². The molecular formula is C21H23F3N6O4. The molecule has 1 saturated heterocycles. The van der Waals surface area contributed by atoms with Crippen molar-refractivity contribution in [3.63, 3.8) is 0 Å². The van der Waals surface area contributed by atoms with Gasteiger partial charge in [0, 0.05) is 32.4 Å². The number of amides is 1. The number of hydrogen-bond donors (Lipinski definition) is 1. The number of aromatic nitrogens is 3. The van der Waals surface area contributed by atoms with Crippen molar-refractivity contribution >= 4 is 11.7 Å². The predicted octanol–water partition coefficient (Wildman–Crippen LogP) is 1.58. The molecule has 0 radical (unpaired) electrons. The third-order valence-electron chi connectivity index (χ3n) is 5.08. The molecule has 1 fully saturated rings. The van der Waals surface area contributed by atoms with Crippen molar-refractivity contribution in [2.45, 2.75) is 25.6 Å². The fourth-order valence-electron chi connectivity index (χ4n) is 3.38. The number of alkyl halides is 3. The number of nitriles is 1. The molecule has 10 nitrogen and oxygen atoms in total. The van der Waals surface area contributed by atoms with Gasteiger partial charge in [-0.3, -0.25) is 9.59 Å². The molecule has 13 heteroatoms. The second-order valence-electron chi connectivity index (χ2n) is 7.57. The normalized spacial score (nSPS) is 15.0. The molecule has 0 saturated carbocycles. The molecule has 0 unspecified atom stereocenters. The quantitative estimate of drug-likeness (QED) is 0.565. The highest BCUT2D eigenvalue weighted by molar-refractivity contribution is 5.76. The van der Waals surface area contributed by atoms with Gasteiger partial charge in [-0.1, -0.05) is 0 Å². The molecule has 0 aromatic carbocycles. The Labute approximate surface area is 192 Å². The van der Waals surface area contributed by atoms with E-state index in [-0.39, 0.29) is 25.5 Å². The summed E-state index contributed by atoms with van der Waals surface area (Å²) in [7, 11) is 0. The molecule has 0 bridgehead atoms. The molecule has 3 rings (SSSR count). The molecule has 1 aliphatic heterocycles. The van der Waals surface area contributed by atoms with Crippen molar-refractivity contribution in [3.05, 3.63) is 46.0 Å². The number of carbonyl (C=O) groups is 1. The van der Waals surface area contributed by atoms with E-state index in [1.54, 1.807) is 22.1 Å². The third kappa shape index (κ3) is 6.44. The molecule has 182 valence electrons. The summed E-state index contributed by atoms with van der Waals surface area (Å²) in [6.07, 6.45) is -3.28. The Hall–Kier alpha value is -3.66. The number of nitrogens with one attached hydrogen (secondary N) is 1.